The number of benzene rings is 2. The number of hydrogen-bond acceptors (Lipinski definition) is 2. The molecule has 2 aliphatic rings. The Morgan fingerprint density at radius 1 is 1.12 bits per heavy atom. The van der Waals surface area contributed by atoms with Gasteiger partial charge in [-0.05, 0) is 54.3 Å². The summed E-state index contributed by atoms with van der Waals surface area (Å²) in [5, 5.41) is 6.59. The minimum atomic E-state index is -0.397. The van der Waals surface area contributed by atoms with Crippen LogP contribution in [0.5, 0.6) is 0 Å². The lowest BCUT2D eigenvalue weighted by Crippen LogP contribution is -2.31. The molecule has 0 saturated heterocycles. The maximum absolute atomic E-state index is 12.4. The van der Waals surface area contributed by atoms with Gasteiger partial charge in [-0.3, -0.25) is 9.59 Å². The van der Waals surface area contributed by atoms with Crippen molar-refractivity contribution in [3.63, 3.8) is 0 Å². The van der Waals surface area contributed by atoms with Crippen molar-refractivity contribution in [1.82, 2.24) is 0 Å². The molecule has 128 valence electrons. The molecule has 0 unspecified atom stereocenters. The molecule has 2 amide bonds. The van der Waals surface area contributed by atoms with Crippen LogP contribution in [0, 0.1) is 0 Å². The van der Waals surface area contributed by atoms with Crippen molar-refractivity contribution < 1.29 is 9.59 Å². The van der Waals surface area contributed by atoms with Gasteiger partial charge in [0.15, 0.2) is 0 Å². The predicted molar refractivity (Wildman–Crippen MR) is 99.0 cm³/mol. The highest BCUT2D eigenvalue weighted by Crippen LogP contribution is 2.49. The van der Waals surface area contributed by atoms with E-state index in [2.05, 4.69) is 10.6 Å². The topological polar surface area (TPSA) is 58.2 Å². The Morgan fingerprint density at radius 2 is 1.84 bits per heavy atom. The Labute approximate surface area is 151 Å². The van der Waals surface area contributed by atoms with E-state index in [1.165, 1.54) is 0 Å². The van der Waals surface area contributed by atoms with Gasteiger partial charge in [-0.2, -0.15) is 0 Å². The molecule has 1 aliphatic carbocycles. The van der Waals surface area contributed by atoms with E-state index in [1.54, 1.807) is 12.1 Å². The Hall–Kier alpha value is -2.33. The summed E-state index contributed by atoms with van der Waals surface area (Å²) in [4.78, 5) is 24.8. The molecule has 2 aromatic carbocycles. The first-order valence-corrected chi connectivity index (χ1v) is 8.95. The molecule has 0 atom stereocenters. The fraction of sp³-hybridized carbons (Fsp3) is 0.300. The highest BCUT2D eigenvalue weighted by molar-refractivity contribution is 6.30. The third-order valence-corrected chi connectivity index (χ3v) is 5.49. The summed E-state index contributed by atoms with van der Waals surface area (Å²) in [6.07, 6.45) is 4.19. The molecule has 0 bridgehead atoms. The van der Waals surface area contributed by atoms with Crippen LogP contribution in [0.1, 0.15) is 36.8 Å². The molecule has 2 aromatic rings. The number of nitrogens with one attached hydrogen (secondary N) is 2. The van der Waals surface area contributed by atoms with Crippen LogP contribution in [0.25, 0.3) is 0 Å². The number of carbonyl (C=O) groups excluding carboxylic acids is 2. The average molecular weight is 355 g/mol. The number of anilines is 2. The number of fused-ring (bicyclic) bond motifs is 2. The number of hydrogen-bond donors (Lipinski definition) is 2. The fourth-order valence-corrected chi connectivity index (χ4v) is 4.08. The van der Waals surface area contributed by atoms with Gasteiger partial charge in [-0.1, -0.05) is 36.6 Å². The average Bonchev–Trinajstić information content (AvgIpc) is 3.18. The van der Waals surface area contributed by atoms with E-state index in [1.807, 2.05) is 30.3 Å². The lowest BCUT2D eigenvalue weighted by molar-refractivity contribution is -0.120. The van der Waals surface area contributed by atoms with Crippen LogP contribution in [0.4, 0.5) is 11.4 Å². The molecule has 1 saturated carbocycles. The van der Waals surface area contributed by atoms with Crippen molar-refractivity contribution in [3.8, 4) is 0 Å². The molecule has 25 heavy (non-hydrogen) atoms. The van der Waals surface area contributed by atoms with Gasteiger partial charge in [0.2, 0.25) is 11.8 Å². The van der Waals surface area contributed by atoms with E-state index >= 15 is 0 Å². The normalized spacial score (nSPS) is 17.4. The summed E-state index contributed by atoms with van der Waals surface area (Å²) in [5.41, 5.74) is 3.15. The van der Waals surface area contributed by atoms with Gasteiger partial charge in [-0.25, -0.2) is 0 Å². The summed E-state index contributed by atoms with van der Waals surface area (Å²) in [7, 11) is 0. The summed E-state index contributed by atoms with van der Waals surface area (Å²) >= 11 is 5.87. The first kappa shape index (κ1) is 16.2. The van der Waals surface area contributed by atoms with Gasteiger partial charge in [-0.15, -0.1) is 0 Å². The zero-order valence-electron chi connectivity index (χ0n) is 13.8. The lowest BCUT2D eigenvalue weighted by atomic mass is 9.80. The van der Waals surface area contributed by atoms with Gasteiger partial charge in [0, 0.05) is 16.4 Å². The van der Waals surface area contributed by atoms with E-state index < -0.39 is 5.41 Å². The maximum atomic E-state index is 12.4. The molecule has 1 heterocycles. The van der Waals surface area contributed by atoms with Gasteiger partial charge in [0.05, 0.1) is 11.8 Å². The van der Waals surface area contributed by atoms with Crippen LogP contribution in [0.15, 0.2) is 42.5 Å². The summed E-state index contributed by atoms with van der Waals surface area (Å²) in [5.74, 6) is 0.0182. The fourth-order valence-electron chi connectivity index (χ4n) is 3.96. The van der Waals surface area contributed by atoms with E-state index in [0.717, 1.165) is 48.2 Å². The SMILES string of the molecule is O=C(Cc1ccc(Cl)cc1)Nc1ccc2c(c1)C1(CCCC1)C(=O)N2. The van der Waals surface area contributed by atoms with Crippen LogP contribution < -0.4 is 10.6 Å². The number of halogens is 1. The monoisotopic (exact) mass is 354 g/mol. The summed E-state index contributed by atoms with van der Waals surface area (Å²) < 4.78 is 0. The molecule has 0 aromatic heterocycles. The van der Waals surface area contributed by atoms with Gasteiger partial charge in [0.1, 0.15) is 0 Å². The standard InChI is InChI=1S/C20H19ClN2O2/c21-14-5-3-13(4-6-14)11-18(24)22-15-7-8-17-16(12-15)20(19(25)23-17)9-1-2-10-20/h3-8,12H,1-2,9-11H2,(H,22,24)(H,23,25). The molecule has 0 radical (unpaired) electrons. The molecule has 1 spiro atoms. The molecule has 1 fully saturated rings. The summed E-state index contributed by atoms with van der Waals surface area (Å²) in [6, 6.07) is 12.9. The molecule has 4 nitrogen and oxygen atoms in total. The molecular weight excluding hydrogens is 336 g/mol. The second kappa shape index (κ2) is 6.19. The molecule has 1 aliphatic heterocycles. The van der Waals surface area contributed by atoms with E-state index in [0.29, 0.717) is 5.02 Å². The van der Waals surface area contributed by atoms with Crippen molar-refractivity contribution in [3.05, 3.63) is 58.6 Å². The van der Waals surface area contributed by atoms with Crippen molar-refractivity contribution in [1.29, 1.82) is 0 Å². The van der Waals surface area contributed by atoms with E-state index in [9.17, 15) is 9.59 Å². The smallest absolute Gasteiger partial charge is 0.235 e. The second-order valence-electron chi connectivity index (χ2n) is 6.86. The van der Waals surface area contributed by atoms with E-state index in [-0.39, 0.29) is 18.2 Å². The van der Waals surface area contributed by atoms with Crippen LogP contribution >= 0.6 is 11.6 Å². The van der Waals surface area contributed by atoms with Gasteiger partial charge < -0.3 is 10.6 Å². The quantitative estimate of drug-likeness (QED) is 0.864. The van der Waals surface area contributed by atoms with Crippen molar-refractivity contribution in [2.75, 3.05) is 10.6 Å². The molecule has 2 N–H and O–H groups in total. The molecule has 4 rings (SSSR count). The number of carbonyl (C=O) groups is 2. The Balaban J connectivity index is 1.53. The minimum absolute atomic E-state index is 0.0833. The van der Waals surface area contributed by atoms with Crippen LogP contribution in [0.2, 0.25) is 5.02 Å². The third-order valence-electron chi connectivity index (χ3n) is 5.24. The number of rotatable bonds is 3. The number of amides is 2. The Kier molecular flexibility index (Phi) is 4.00. The van der Waals surface area contributed by atoms with Crippen molar-refractivity contribution >= 4 is 34.8 Å². The van der Waals surface area contributed by atoms with Crippen molar-refractivity contribution in [2.45, 2.75) is 37.5 Å². The van der Waals surface area contributed by atoms with Crippen LogP contribution in [-0.4, -0.2) is 11.8 Å². The van der Waals surface area contributed by atoms with Crippen LogP contribution in [0.3, 0.4) is 0 Å². The largest absolute Gasteiger partial charge is 0.326 e. The van der Waals surface area contributed by atoms with Gasteiger partial charge in [0.25, 0.3) is 0 Å². The van der Waals surface area contributed by atoms with Gasteiger partial charge >= 0.3 is 0 Å². The highest BCUT2D eigenvalue weighted by Gasteiger charge is 2.48. The zero-order valence-corrected chi connectivity index (χ0v) is 14.5. The lowest BCUT2D eigenvalue weighted by Gasteiger charge is -2.21. The Bertz CT molecular complexity index is 839. The molecular formula is C20H19ClN2O2. The zero-order chi connectivity index (χ0) is 17.4. The third kappa shape index (κ3) is 2.91. The minimum Gasteiger partial charge on any atom is -0.326 e. The Morgan fingerprint density at radius 3 is 2.56 bits per heavy atom. The maximum Gasteiger partial charge on any atom is 0.235 e. The van der Waals surface area contributed by atoms with Crippen LogP contribution in [-0.2, 0) is 21.4 Å². The highest BCUT2D eigenvalue weighted by atomic mass is 35.5. The van der Waals surface area contributed by atoms with Crippen molar-refractivity contribution in [2.24, 2.45) is 0 Å². The first-order valence-electron chi connectivity index (χ1n) is 8.57. The molecule has 5 heteroatoms. The van der Waals surface area contributed by atoms with E-state index in [4.69, 9.17) is 11.6 Å². The predicted octanol–water partition coefficient (Wildman–Crippen LogP) is 4.29. The first-order chi connectivity index (χ1) is 12.1. The summed E-state index contributed by atoms with van der Waals surface area (Å²) in [6.45, 7) is 0. The second-order valence-corrected chi connectivity index (χ2v) is 7.29.